The summed E-state index contributed by atoms with van der Waals surface area (Å²) in [4.78, 5) is 12.9. The van der Waals surface area contributed by atoms with Gasteiger partial charge in [0.05, 0.1) is 0 Å². The maximum atomic E-state index is 11.5. The monoisotopic (exact) mass is 304 g/mol. The van der Waals surface area contributed by atoms with Crippen LogP contribution in [0.3, 0.4) is 0 Å². The first-order valence-corrected chi connectivity index (χ1v) is 7.61. The second kappa shape index (κ2) is 11.3. The molecular weight excluding hydrogens is 280 g/mol. The van der Waals surface area contributed by atoms with Gasteiger partial charge in [0.15, 0.2) is 0 Å². The largest absolute Gasteiger partial charge is 0.356 e. The molecule has 1 aromatic heterocycles. The zero-order chi connectivity index (χ0) is 13.2. The van der Waals surface area contributed by atoms with Crippen molar-refractivity contribution in [3.63, 3.8) is 0 Å². The van der Waals surface area contributed by atoms with Crippen LogP contribution < -0.4 is 11.1 Å². The Balaban J connectivity index is 0.00000324. The highest BCUT2D eigenvalue weighted by molar-refractivity contribution is 7.09. The summed E-state index contributed by atoms with van der Waals surface area (Å²) in [5.74, 6) is 0.159. The average Bonchev–Trinajstić information content (AvgIpc) is 2.81. The summed E-state index contributed by atoms with van der Waals surface area (Å²) in [6.07, 6.45) is 5.92. The topological polar surface area (TPSA) is 55.1 Å². The first-order chi connectivity index (χ1) is 8.68. The molecule has 1 amide bonds. The summed E-state index contributed by atoms with van der Waals surface area (Å²) in [6.45, 7) is 2.66. The molecule has 0 aromatic carbocycles. The molecule has 1 heterocycles. The molecule has 1 atom stereocenters. The third-order valence-electron chi connectivity index (χ3n) is 2.83. The number of carbonyl (C=O) groups excluding carboxylic acids is 1. The van der Waals surface area contributed by atoms with Crippen molar-refractivity contribution in [2.24, 2.45) is 5.73 Å². The quantitative estimate of drug-likeness (QED) is 0.689. The summed E-state index contributed by atoms with van der Waals surface area (Å²) >= 11 is 1.81. The summed E-state index contributed by atoms with van der Waals surface area (Å²) in [6, 6.07) is 4.42. The minimum Gasteiger partial charge on any atom is -0.356 e. The van der Waals surface area contributed by atoms with Gasteiger partial charge < -0.3 is 11.1 Å². The summed E-state index contributed by atoms with van der Waals surface area (Å²) in [7, 11) is 0. The van der Waals surface area contributed by atoms with Gasteiger partial charge in [0.1, 0.15) is 0 Å². The highest BCUT2D eigenvalue weighted by Gasteiger charge is 2.01. The molecule has 0 radical (unpaired) electrons. The second-order valence-electron chi connectivity index (χ2n) is 4.76. The van der Waals surface area contributed by atoms with E-state index in [0.717, 1.165) is 25.7 Å². The minimum absolute atomic E-state index is 0. The van der Waals surface area contributed by atoms with Gasteiger partial charge in [-0.15, -0.1) is 23.7 Å². The maximum Gasteiger partial charge on any atom is 0.219 e. The van der Waals surface area contributed by atoms with Crippen molar-refractivity contribution in [3.05, 3.63) is 22.4 Å². The van der Waals surface area contributed by atoms with Gasteiger partial charge >= 0.3 is 0 Å². The Morgan fingerprint density at radius 1 is 1.42 bits per heavy atom. The lowest BCUT2D eigenvalue weighted by Gasteiger charge is -2.07. The molecule has 0 saturated heterocycles. The van der Waals surface area contributed by atoms with Crippen LogP contribution in [0.4, 0.5) is 0 Å². The number of thiophene rings is 1. The molecule has 0 bridgehead atoms. The zero-order valence-corrected chi connectivity index (χ0v) is 13.2. The van der Waals surface area contributed by atoms with Crippen molar-refractivity contribution in [2.75, 3.05) is 6.54 Å². The Hall–Kier alpha value is -0.580. The van der Waals surface area contributed by atoms with Gasteiger partial charge in [-0.25, -0.2) is 0 Å². The summed E-state index contributed by atoms with van der Waals surface area (Å²) < 4.78 is 0. The van der Waals surface area contributed by atoms with E-state index in [-0.39, 0.29) is 24.4 Å². The van der Waals surface area contributed by atoms with Crippen LogP contribution >= 0.6 is 23.7 Å². The van der Waals surface area contributed by atoms with Gasteiger partial charge in [-0.1, -0.05) is 12.5 Å². The molecule has 0 saturated carbocycles. The number of unbranched alkanes of at least 4 members (excludes halogenated alkanes) is 2. The Bertz CT molecular complexity index is 328. The number of amides is 1. The molecule has 19 heavy (non-hydrogen) atoms. The van der Waals surface area contributed by atoms with Crippen LogP contribution in [-0.2, 0) is 11.2 Å². The molecule has 0 aliphatic carbocycles. The number of nitrogens with two attached hydrogens (primary N) is 1. The van der Waals surface area contributed by atoms with Gasteiger partial charge in [-0.3, -0.25) is 4.79 Å². The summed E-state index contributed by atoms with van der Waals surface area (Å²) in [5.41, 5.74) is 5.61. The van der Waals surface area contributed by atoms with E-state index in [1.165, 1.54) is 11.3 Å². The molecule has 3 N–H and O–H groups in total. The van der Waals surface area contributed by atoms with Crippen LogP contribution in [0.2, 0.25) is 0 Å². The first-order valence-electron chi connectivity index (χ1n) is 6.73. The number of nitrogens with one attached hydrogen (secondary N) is 1. The van der Waals surface area contributed by atoms with Crippen molar-refractivity contribution >= 4 is 29.7 Å². The number of hydrogen-bond acceptors (Lipinski definition) is 3. The molecule has 110 valence electrons. The summed E-state index contributed by atoms with van der Waals surface area (Å²) in [5, 5.41) is 5.01. The van der Waals surface area contributed by atoms with Crippen molar-refractivity contribution in [2.45, 2.75) is 51.5 Å². The van der Waals surface area contributed by atoms with Crippen LogP contribution in [0.1, 0.15) is 43.9 Å². The fraction of sp³-hybridized carbons (Fsp3) is 0.643. The van der Waals surface area contributed by atoms with Crippen molar-refractivity contribution in [1.29, 1.82) is 0 Å². The lowest BCUT2D eigenvalue weighted by atomic mass is 10.1. The predicted molar refractivity (Wildman–Crippen MR) is 85.0 cm³/mol. The number of aryl methyl sites for hydroxylation is 1. The average molecular weight is 305 g/mol. The van der Waals surface area contributed by atoms with E-state index < -0.39 is 0 Å². The normalized spacial score (nSPS) is 11.7. The second-order valence-corrected chi connectivity index (χ2v) is 5.79. The van der Waals surface area contributed by atoms with Crippen LogP contribution in [0.5, 0.6) is 0 Å². The van der Waals surface area contributed by atoms with Gasteiger partial charge in [-0.05, 0) is 44.1 Å². The fourth-order valence-electron chi connectivity index (χ4n) is 1.74. The number of hydrogen-bond donors (Lipinski definition) is 2. The molecule has 0 aliphatic heterocycles. The van der Waals surface area contributed by atoms with Gasteiger partial charge in [0.2, 0.25) is 5.91 Å². The number of rotatable bonds is 9. The van der Waals surface area contributed by atoms with Crippen LogP contribution in [-0.4, -0.2) is 18.5 Å². The maximum absolute atomic E-state index is 11.5. The number of carbonyl (C=O) groups is 1. The standard InChI is InChI=1S/C14H24N2OS.ClH/c1-12(15)9-10-16-14(17)8-4-2-3-6-13-7-5-11-18-13;/h5,7,11-12H,2-4,6,8-10,15H2,1H3,(H,16,17);1H. The van der Waals surface area contributed by atoms with Gasteiger partial charge in [0.25, 0.3) is 0 Å². The molecule has 1 aromatic rings. The lowest BCUT2D eigenvalue weighted by Crippen LogP contribution is -2.28. The highest BCUT2D eigenvalue weighted by Crippen LogP contribution is 2.13. The molecule has 0 fully saturated rings. The lowest BCUT2D eigenvalue weighted by molar-refractivity contribution is -0.121. The van der Waals surface area contributed by atoms with Crippen molar-refractivity contribution in [1.82, 2.24) is 5.32 Å². The van der Waals surface area contributed by atoms with E-state index in [1.807, 2.05) is 18.3 Å². The molecule has 0 aliphatic rings. The molecule has 3 nitrogen and oxygen atoms in total. The van der Waals surface area contributed by atoms with Crippen LogP contribution in [0.25, 0.3) is 0 Å². The molecule has 0 spiro atoms. The third-order valence-corrected chi connectivity index (χ3v) is 3.77. The molecule has 1 rings (SSSR count). The van der Waals surface area contributed by atoms with E-state index in [2.05, 4.69) is 22.8 Å². The van der Waals surface area contributed by atoms with E-state index in [9.17, 15) is 4.79 Å². The predicted octanol–water partition coefficient (Wildman–Crippen LogP) is 3.13. The third kappa shape index (κ3) is 9.93. The van der Waals surface area contributed by atoms with Gasteiger partial charge in [-0.2, -0.15) is 0 Å². The Labute approximate surface area is 126 Å². The smallest absolute Gasteiger partial charge is 0.219 e. The van der Waals surface area contributed by atoms with Crippen molar-refractivity contribution in [3.8, 4) is 0 Å². The van der Waals surface area contributed by atoms with Gasteiger partial charge in [0, 0.05) is 23.9 Å². The van der Waals surface area contributed by atoms with E-state index >= 15 is 0 Å². The minimum atomic E-state index is 0. The van der Waals surface area contributed by atoms with Crippen LogP contribution in [0, 0.1) is 0 Å². The molecule has 5 heteroatoms. The Morgan fingerprint density at radius 2 is 2.21 bits per heavy atom. The molecular formula is C14H25ClN2OS. The van der Waals surface area contributed by atoms with Crippen LogP contribution in [0.15, 0.2) is 17.5 Å². The molecule has 1 unspecified atom stereocenters. The SMILES string of the molecule is CC(N)CCNC(=O)CCCCCc1cccs1.Cl. The highest BCUT2D eigenvalue weighted by atomic mass is 35.5. The fourth-order valence-corrected chi connectivity index (χ4v) is 2.50. The van der Waals surface area contributed by atoms with E-state index in [4.69, 9.17) is 5.73 Å². The van der Waals surface area contributed by atoms with E-state index in [0.29, 0.717) is 13.0 Å². The zero-order valence-electron chi connectivity index (χ0n) is 11.6. The Kier molecular flexibility index (Phi) is 10.9. The van der Waals surface area contributed by atoms with E-state index in [1.54, 1.807) is 0 Å². The van der Waals surface area contributed by atoms with Crippen molar-refractivity contribution < 1.29 is 4.79 Å². The Morgan fingerprint density at radius 3 is 2.84 bits per heavy atom. The number of halogens is 1. The first kappa shape index (κ1) is 18.4.